The van der Waals surface area contributed by atoms with Crippen LogP contribution in [0.15, 0.2) is 24.3 Å². The van der Waals surface area contributed by atoms with Crippen molar-refractivity contribution in [1.29, 1.82) is 0 Å². The Hall–Kier alpha value is -1.62. The zero-order valence-electron chi connectivity index (χ0n) is 32.4. The Morgan fingerprint density at radius 3 is 1.67 bits per heavy atom. The van der Waals surface area contributed by atoms with Gasteiger partial charge in [-0.15, -0.1) is 0 Å². The minimum Gasteiger partial charge on any atom is -0.462 e. The van der Waals surface area contributed by atoms with Crippen LogP contribution in [-0.2, 0) is 9.53 Å². The van der Waals surface area contributed by atoms with Gasteiger partial charge in [0, 0.05) is 6.42 Å². The van der Waals surface area contributed by atoms with Crippen LogP contribution in [0.25, 0.3) is 0 Å². The van der Waals surface area contributed by atoms with Gasteiger partial charge < -0.3 is 9.84 Å². The molecule has 48 heavy (non-hydrogen) atoms. The lowest BCUT2D eigenvalue weighted by Crippen LogP contribution is -2.37. The van der Waals surface area contributed by atoms with Gasteiger partial charge in [-0.25, -0.2) is 0 Å². The predicted molar refractivity (Wildman–Crippen MR) is 208 cm³/mol. The maximum atomic E-state index is 12.4. The van der Waals surface area contributed by atoms with E-state index in [1.54, 1.807) is 0 Å². The number of aliphatic hydroxyl groups is 1. The van der Waals surface area contributed by atoms with E-state index in [0.29, 0.717) is 25.5 Å². The number of carbonyl (C=O) groups excluding carboxylic acids is 1. The van der Waals surface area contributed by atoms with Crippen molar-refractivity contribution in [3.8, 4) is 0 Å². The second kappa shape index (κ2) is 33.9. The number of ether oxygens (including phenoxy) is 1. The summed E-state index contributed by atoms with van der Waals surface area (Å²) < 4.78 is 8.01. The smallest absolute Gasteiger partial charge is 0.305 e. The Morgan fingerprint density at radius 2 is 1.17 bits per heavy atom. The van der Waals surface area contributed by atoms with Crippen LogP contribution in [0.3, 0.4) is 0 Å². The molecule has 0 aromatic heterocycles. The molecule has 1 aliphatic heterocycles. The number of carbonyl (C=O) groups is 1. The first-order valence-electron chi connectivity index (χ1n) is 21.1. The molecule has 0 amide bonds. The maximum Gasteiger partial charge on any atom is 0.305 e. The number of hydrogen-bond donors (Lipinski definition) is 1. The zero-order chi connectivity index (χ0) is 34.8. The number of amidine groups is 1. The van der Waals surface area contributed by atoms with Crippen molar-refractivity contribution >= 4 is 11.8 Å². The Balaban J connectivity index is 2.12. The van der Waals surface area contributed by atoms with E-state index in [2.05, 4.69) is 54.6 Å². The minimum absolute atomic E-state index is 0.0501. The van der Waals surface area contributed by atoms with Gasteiger partial charge in [-0.3, -0.25) is 14.3 Å². The summed E-state index contributed by atoms with van der Waals surface area (Å²) in [4.78, 5) is 14.8. The van der Waals surface area contributed by atoms with Crippen molar-refractivity contribution < 1.29 is 19.2 Å². The summed E-state index contributed by atoms with van der Waals surface area (Å²) in [7, 11) is 0. The molecule has 1 unspecified atom stereocenters. The maximum absolute atomic E-state index is 12.4. The van der Waals surface area contributed by atoms with Crippen LogP contribution in [0, 0.1) is 5.92 Å². The van der Waals surface area contributed by atoms with E-state index in [-0.39, 0.29) is 12.6 Å². The Bertz CT molecular complexity index is 821. The van der Waals surface area contributed by atoms with E-state index in [0.717, 1.165) is 32.5 Å². The molecule has 1 atom stereocenters. The Morgan fingerprint density at radius 1 is 0.708 bits per heavy atom. The first kappa shape index (κ1) is 44.4. The molecular weight excluding hydrogens is 592 g/mol. The highest BCUT2D eigenvalue weighted by Crippen LogP contribution is 2.18. The fraction of sp³-hybridized carbons (Fsp3) is 0.860. The SMILES string of the molecule is CCCCCCCC/C=C\CCCCCCCC(=O)OCCN1CC[N+](CCO)=C1C(C)CCCCCC/C=C\CCCCCCCC. The van der Waals surface area contributed by atoms with Crippen LogP contribution in [0.2, 0.25) is 0 Å². The van der Waals surface area contributed by atoms with E-state index in [4.69, 9.17) is 4.74 Å². The number of aliphatic hydroxyl groups excluding tert-OH is 1. The molecule has 1 aliphatic rings. The molecular formula is C43H81N2O3+. The van der Waals surface area contributed by atoms with Gasteiger partial charge in [-0.2, -0.15) is 0 Å². The first-order chi connectivity index (χ1) is 23.6. The van der Waals surface area contributed by atoms with Gasteiger partial charge in [-0.1, -0.05) is 148 Å². The van der Waals surface area contributed by atoms with Crippen molar-refractivity contribution in [2.45, 2.75) is 194 Å². The number of unbranched alkanes of at least 4 members (excludes halogenated alkanes) is 21. The van der Waals surface area contributed by atoms with Crippen molar-refractivity contribution in [2.75, 3.05) is 39.4 Å². The average Bonchev–Trinajstić information content (AvgIpc) is 3.48. The Kier molecular flexibility index (Phi) is 31.3. The molecule has 1 N–H and O–H groups in total. The highest BCUT2D eigenvalue weighted by atomic mass is 16.5. The standard InChI is InChI=1S/C43H81N2O3/c1-4-6-8-10-12-14-16-18-20-22-24-26-28-30-32-34-42(47)48-40-38-45-36-35-44(37-39-46)43(45)41(3)33-31-29-27-25-23-21-19-17-15-13-11-9-7-5-2/h18-21,41,46H,4-17,22-40H2,1-3H3/q+1/b20-18-,21-19-. The van der Waals surface area contributed by atoms with Gasteiger partial charge in [0.2, 0.25) is 5.84 Å². The number of allylic oxidation sites excluding steroid dienone is 4. The van der Waals surface area contributed by atoms with E-state index < -0.39 is 0 Å². The summed E-state index contributed by atoms with van der Waals surface area (Å²) in [6.07, 6.45) is 43.6. The van der Waals surface area contributed by atoms with Crippen LogP contribution in [0.4, 0.5) is 0 Å². The molecule has 5 nitrogen and oxygen atoms in total. The number of rotatable bonds is 35. The van der Waals surface area contributed by atoms with E-state index >= 15 is 0 Å². The summed E-state index contributed by atoms with van der Waals surface area (Å²) >= 11 is 0. The van der Waals surface area contributed by atoms with Crippen molar-refractivity contribution in [3.63, 3.8) is 0 Å². The molecule has 280 valence electrons. The van der Waals surface area contributed by atoms with Crippen molar-refractivity contribution in [2.24, 2.45) is 5.92 Å². The molecule has 1 rings (SSSR count). The van der Waals surface area contributed by atoms with Gasteiger partial charge >= 0.3 is 5.97 Å². The largest absolute Gasteiger partial charge is 0.462 e. The summed E-state index contributed by atoms with van der Waals surface area (Å²) in [6, 6.07) is 0. The lowest BCUT2D eigenvalue weighted by atomic mass is 10.00. The quantitative estimate of drug-likeness (QED) is 0.0315. The van der Waals surface area contributed by atoms with Crippen molar-refractivity contribution in [3.05, 3.63) is 24.3 Å². The molecule has 0 bridgehead atoms. The Labute approximate surface area is 299 Å². The molecule has 5 heteroatoms. The predicted octanol–water partition coefficient (Wildman–Crippen LogP) is 11.6. The second-order valence-electron chi connectivity index (χ2n) is 14.5. The van der Waals surface area contributed by atoms with E-state index in [1.807, 2.05) is 0 Å². The summed E-state index contributed by atoms with van der Waals surface area (Å²) in [5.41, 5.74) is 0. The molecule has 1 heterocycles. The number of β-amino-alcohol motifs (C(OH)–C–C–N with tert-alkyl or cyclic N) is 1. The molecule has 0 aromatic rings. The van der Waals surface area contributed by atoms with Gasteiger partial charge in [0.05, 0.1) is 12.5 Å². The summed E-state index contributed by atoms with van der Waals surface area (Å²) in [5, 5.41) is 9.65. The fourth-order valence-electron chi connectivity index (χ4n) is 7.02. The van der Waals surface area contributed by atoms with Gasteiger partial charge in [-0.05, 0) is 64.2 Å². The lowest BCUT2D eigenvalue weighted by Gasteiger charge is -2.19. The van der Waals surface area contributed by atoms with Crippen LogP contribution in [-0.4, -0.2) is 65.8 Å². The molecule has 0 fully saturated rings. The number of nitrogens with zero attached hydrogens (tertiary/aromatic N) is 2. The second-order valence-corrected chi connectivity index (χ2v) is 14.5. The average molecular weight is 674 g/mol. The van der Waals surface area contributed by atoms with E-state index in [1.165, 1.54) is 160 Å². The van der Waals surface area contributed by atoms with E-state index in [9.17, 15) is 9.90 Å². The highest BCUT2D eigenvalue weighted by Gasteiger charge is 2.34. The van der Waals surface area contributed by atoms with Crippen LogP contribution in [0.5, 0.6) is 0 Å². The number of esters is 1. The third-order valence-electron chi connectivity index (χ3n) is 10.0. The third kappa shape index (κ3) is 25.4. The highest BCUT2D eigenvalue weighted by molar-refractivity contribution is 5.80. The first-order valence-corrected chi connectivity index (χ1v) is 21.1. The van der Waals surface area contributed by atoms with Gasteiger partial charge in [0.15, 0.2) is 0 Å². The normalized spacial score (nSPS) is 14.3. The topological polar surface area (TPSA) is 52.8 Å². The molecule has 0 spiro atoms. The summed E-state index contributed by atoms with van der Waals surface area (Å²) in [5.74, 6) is 1.75. The fourth-order valence-corrected chi connectivity index (χ4v) is 7.02. The van der Waals surface area contributed by atoms with Crippen LogP contribution >= 0.6 is 0 Å². The molecule has 0 saturated heterocycles. The molecule has 0 aromatic carbocycles. The van der Waals surface area contributed by atoms with Crippen LogP contribution in [0.1, 0.15) is 194 Å². The number of hydrogen-bond acceptors (Lipinski definition) is 4. The molecule has 0 radical (unpaired) electrons. The van der Waals surface area contributed by atoms with Gasteiger partial charge in [0.25, 0.3) is 0 Å². The van der Waals surface area contributed by atoms with Crippen molar-refractivity contribution in [1.82, 2.24) is 4.90 Å². The monoisotopic (exact) mass is 674 g/mol. The zero-order valence-corrected chi connectivity index (χ0v) is 32.4. The lowest BCUT2D eigenvalue weighted by molar-refractivity contribution is -0.522. The molecule has 0 saturated carbocycles. The van der Waals surface area contributed by atoms with Crippen LogP contribution < -0.4 is 0 Å². The summed E-state index contributed by atoms with van der Waals surface area (Å²) in [6.45, 7) is 10.9. The van der Waals surface area contributed by atoms with Gasteiger partial charge in [0.1, 0.15) is 32.8 Å². The third-order valence-corrected chi connectivity index (χ3v) is 10.0. The minimum atomic E-state index is -0.0501. The molecule has 0 aliphatic carbocycles.